The molecule has 1 heterocycles. The molecule has 0 bridgehead atoms. The minimum Gasteiger partial charge on any atom is -0.294 e. The third-order valence-electron chi connectivity index (χ3n) is 3.23. The first-order chi connectivity index (χ1) is 10.2. The summed E-state index contributed by atoms with van der Waals surface area (Å²) < 4.78 is 2.55. The molecule has 1 aromatic heterocycles. The molecule has 106 valence electrons. The summed E-state index contributed by atoms with van der Waals surface area (Å²) in [4.78, 5) is 17.1. The van der Waals surface area contributed by atoms with Gasteiger partial charge in [0.25, 0.3) is 5.56 Å². The number of hydrazine groups is 1. The van der Waals surface area contributed by atoms with E-state index < -0.39 is 0 Å². The fraction of sp³-hybridized carbons (Fsp3) is 0.0667. The van der Waals surface area contributed by atoms with E-state index in [2.05, 4.69) is 33.0 Å². The molecule has 0 saturated heterocycles. The van der Waals surface area contributed by atoms with E-state index in [1.54, 1.807) is 4.57 Å². The third kappa shape index (κ3) is 2.77. The number of anilines is 1. The lowest BCUT2D eigenvalue weighted by atomic mass is 10.2. The van der Waals surface area contributed by atoms with Gasteiger partial charge in [-0.2, -0.15) is 0 Å². The maximum absolute atomic E-state index is 12.7. The van der Waals surface area contributed by atoms with Crippen molar-refractivity contribution in [2.24, 2.45) is 5.84 Å². The first kappa shape index (κ1) is 14.0. The van der Waals surface area contributed by atoms with Crippen LogP contribution in [0.5, 0.6) is 0 Å². The van der Waals surface area contributed by atoms with Crippen molar-refractivity contribution in [3.63, 3.8) is 0 Å². The van der Waals surface area contributed by atoms with Crippen LogP contribution in [-0.4, -0.2) is 9.55 Å². The maximum atomic E-state index is 12.7. The average molecular weight is 392 g/mol. The van der Waals surface area contributed by atoms with Gasteiger partial charge in [-0.15, -0.1) is 0 Å². The number of halogens is 1. The molecule has 0 amide bonds. The highest BCUT2D eigenvalue weighted by Gasteiger charge is 2.11. The number of nitrogens with one attached hydrogen (secondary N) is 1. The largest absolute Gasteiger partial charge is 0.294 e. The molecule has 3 N–H and O–H groups in total. The van der Waals surface area contributed by atoms with Gasteiger partial charge in [-0.05, 0) is 46.4 Å². The standard InChI is InChI=1S/C15H13IN4O/c16-11-6-7-13-12(8-11)14(21)20(15(18-13)19-17)9-10-4-2-1-3-5-10/h1-8H,9,17H2,(H,18,19). The van der Waals surface area contributed by atoms with Crippen molar-refractivity contribution in [1.82, 2.24) is 9.55 Å². The number of rotatable bonds is 3. The van der Waals surface area contributed by atoms with Gasteiger partial charge in [0, 0.05) is 3.57 Å². The number of nitrogens with zero attached hydrogens (tertiary/aromatic N) is 2. The normalized spacial score (nSPS) is 10.8. The summed E-state index contributed by atoms with van der Waals surface area (Å²) in [5, 5.41) is 0.594. The quantitative estimate of drug-likeness (QED) is 0.408. The lowest BCUT2D eigenvalue weighted by molar-refractivity contribution is 0.754. The van der Waals surface area contributed by atoms with E-state index in [9.17, 15) is 4.79 Å². The summed E-state index contributed by atoms with van der Waals surface area (Å²) in [6, 6.07) is 15.3. The Kier molecular flexibility index (Phi) is 3.89. The molecule has 3 rings (SSSR count). The van der Waals surface area contributed by atoms with Crippen molar-refractivity contribution in [2.45, 2.75) is 6.54 Å². The third-order valence-corrected chi connectivity index (χ3v) is 3.90. The van der Waals surface area contributed by atoms with E-state index >= 15 is 0 Å². The number of nitrogens with two attached hydrogens (primary N) is 1. The van der Waals surface area contributed by atoms with Crippen molar-refractivity contribution >= 4 is 39.4 Å². The molecule has 0 aliphatic rings. The number of hydrogen-bond acceptors (Lipinski definition) is 4. The molecule has 2 aromatic carbocycles. The predicted octanol–water partition coefficient (Wildman–Crippen LogP) is 2.34. The monoisotopic (exact) mass is 392 g/mol. The van der Waals surface area contributed by atoms with E-state index in [1.165, 1.54) is 0 Å². The molecule has 3 aromatic rings. The molecule has 0 radical (unpaired) electrons. The van der Waals surface area contributed by atoms with E-state index in [0.717, 1.165) is 9.13 Å². The van der Waals surface area contributed by atoms with Gasteiger partial charge < -0.3 is 0 Å². The van der Waals surface area contributed by atoms with Crippen LogP contribution >= 0.6 is 22.6 Å². The van der Waals surface area contributed by atoms with Gasteiger partial charge in [0.15, 0.2) is 0 Å². The number of fused-ring (bicyclic) bond motifs is 1. The Hall–Kier alpha value is -1.93. The maximum Gasteiger partial charge on any atom is 0.263 e. The van der Waals surface area contributed by atoms with Gasteiger partial charge in [-0.1, -0.05) is 30.3 Å². The zero-order valence-corrected chi connectivity index (χ0v) is 13.2. The van der Waals surface area contributed by atoms with Crippen LogP contribution in [0.2, 0.25) is 0 Å². The molecule has 5 nitrogen and oxygen atoms in total. The number of hydrogen-bond donors (Lipinski definition) is 2. The highest BCUT2D eigenvalue weighted by Crippen LogP contribution is 2.15. The molecule has 21 heavy (non-hydrogen) atoms. The second-order valence-corrected chi connectivity index (χ2v) is 5.86. The van der Waals surface area contributed by atoms with Crippen molar-refractivity contribution in [1.29, 1.82) is 0 Å². The Morgan fingerprint density at radius 2 is 1.95 bits per heavy atom. The lowest BCUT2D eigenvalue weighted by Crippen LogP contribution is -2.27. The molecule has 0 unspecified atom stereocenters. The Morgan fingerprint density at radius 1 is 1.19 bits per heavy atom. The number of benzene rings is 2. The average Bonchev–Trinajstić information content (AvgIpc) is 2.51. The molecular weight excluding hydrogens is 379 g/mol. The molecule has 0 aliphatic heterocycles. The van der Waals surface area contributed by atoms with Crippen LogP contribution in [0.1, 0.15) is 5.56 Å². The molecule has 0 atom stereocenters. The van der Waals surface area contributed by atoms with Crippen LogP contribution in [0, 0.1) is 3.57 Å². The van der Waals surface area contributed by atoms with Crippen molar-refractivity contribution in [2.75, 3.05) is 5.43 Å². The van der Waals surface area contributed by atoms with Gasteiger partial charge in [-0.3, -0.25) is 14.8 Å². The Bertz CT molecular complexity index is 845. The summed E-state index contributed by atoms with van der Waals surface area (Å²) >= 11 is 2.18. The van der Waals surface area contributed by atoms with E-state index in [-0.39, 0.29) is 5.56 Å². The molecule has 6 heteroatoms. The van der Waals surface area contributed by atoms with Gasteiger partial charge in [0.05, 0.1) is 17.4 Å². The predicted molar refractivity (Wildman–Crippen MR) is 92.1 cm³/mol. The van der Waals surface area contributed by atoms with Crippen molar-refractivity contribution < 1.29 is 0 Å². The van der Waals surface area contributed by atoms with Gasteiger partial charge in [-0.25, -0.2) is 10.8 Å². The smallest absolute Gasteiger partial charge is 0.263 e. The first-order valence-corrected chi connectivity index (χ1v) is 7.47. The summed E-state index contributed by atoms with van der Waals surface area (Å²) in [7, 11) is 0. The molecule has 0 saturated carbocycles. The summed E-state index contributed by atoms with van der Waals surface area (Å²) in [5.41, 5.74) is 4.07. The van der Waals surface area contributed by atoms with Gasteiger partial charge in [0.2, 0.25) is 5.95 Å². The Morgan fingerprint density at radius 3 is 2.67 bits per heavy atom. The summed E-state index contributed by atoms with van der Waals surface area (Å²) in [5.74, 6) is 5.88. The molecule has 0 fully saturated rings. The Labute approximate surface area is 134 Å². The fourth-order valence-corrected chi connectivity index (χ4v) is 2.71. The zero-order valence-electron chi connectivity index (χ0n) is 11.1. The Balaban J connectivity index is 2.20. The van der Waals surface area contributed by atoms with Crippen molar-refractivity contribution in [3.05, 3.63) is 68.0 Å². The highest BCUT2D eigenvalue weighted by atomic mass is 127. The zero-order chi connectivity index (χ0) is 14.8. The van der Waals surface area contributed by atoms with Crippen LogP contribution in [-0.2, 0) is 6.54 Å². The minimum absolute atomic E-state index is 0.102. The fourth-order valence-electron chi connectivity index (χ4n) is 2.22. The summed E-state index contributed by atoms with van der Waals surface area (Å²) in [6.07, 6.45) is 0. The van der Waals surface area contributed by atoms with E-state index in [1.807, 2.05) is 48.5 Å². The SMILES string of the molecule is NNc1nc2ccc(I)cc2c(=O)n1Cc1ccccc1. The first-order valence-electron chi connectivity index (χ1n) is 6.39. The topological polar surface area (TPSA) is 72.9 Å². The second kappa shape index (κ2) is 5.82. The minimum atomic E-state index is -0.102. The van der Waals surface area contributed by atoms with Crippen LogP contribution in [0.3, 0.4) is 0 Å². The van der Waals surface area contributed by atoms with E-state index in [4.69, 9.17) is 5.84 Å². The molecular formula is C15H13IN4O. The highest BCUT2D eigenvalue weighted by molar-refractivity contribution is 14.1. The van der Waals surface area contributed by atoms with Crippen LogP contribution in [0.15, 0.2) is 53.3 Å². The van der Waals surface area contributed by atoms with Crippen LogP contribution in [0.25, 0.3) is 10.9 Å². The summed E-state index contributed by atoms with van der Waals surface area (Å²) in [6.45, 7) is 0.424. The number of nitrogen functional groups attached to an aromatic ring is 1. The van der Waals surface area contributed by atoms with Gasteiger partial charge in [0.1, 0.15) is 0 Å². The van der Waals surface area contributed by atoms with Gasteiger partial charge >= 0.3 is 0 Å². The van der Waals surface area contributed by atoms with Crippen molar-refractivity contribution in [3.8, 4) is 0 Å². The van der Waals surface area contributed by atoms with Crippen LogP contribution < -0.4 is 16.8 Å². The second-order valence-electron chi connectivity index (χ2n) is 4.62. The number of aromatic nitrogens is 2. The lowest BCUT2D eigenvalue weighted by Gasteiger charge is -2.12. The molecule has 0 aliphatic carbocycles. The van der Waals surface area contributed by atoms with Crippen LogP contribution in [0.4, 0.5) is 5.95 Å². The van der Waals surface area contributed by atoms with E-state index in [0.29, 0.717) is 23.4 Å². The molecule has 0 spiro atoms.